The van der Waals surface area contributed by atoms with Crippen molar-refractivity contribution >= 4 is 34.8 Å². The highest BCUT2D eigenvalue weighted by Crippen LogP contribution is 2.44. The Hall–Kier alpha value is -2.49. The van der Waals surface area contributed by atoms with Crippen LogP contribution in [0.5, 0.6) is 5.75 Å². The Labute approximate surface area is 180 Å². The average Bonchev–Trinajstić information content (AvgIpc) is 2.68. The maximum atomic E-state index is 13.2. The minimum absolute atomic E-state index is 0.0903. The Morgan fingerprint density at radius 2 is 1.62 bits per heavy atom. The van der Waals surface area contributed by atoms with Crippen molar-refractivity contribution < 1.29 is 9.53 Å². The monoisotopic (exact) mass is 425 g/mol. The molecule has 1 amide bonds. The molecule has 0 aliphatic carbocycles. The summed E-state index contributed by atoms with van der Waals surface area (Å²) in [5, 5.41) is 1.24. The number of aryl methyl sites for hydroxylation is 3. The van der Waals surface area contributed by atoms with E-state index in [4.69, 9.17) is 27.9 Å². The van der Waals surface area contributed by atoms with E-state index in [0.717, 1.165) is 22.4 Å². The van der Waals surface area contributed by atoms with Gasteiger partial charge in [0.2, 0.25) is 6.10 Å². The van der Waals surface area contributed by atoms with E-state index in [9.17, 15) is 4.79 Å². The number of hydrogen-bond donors (Lipinski definition) is 0. The molecule has 0 unspecified atom stereocenters. The van der Waals surface area contributed by atoms with E-state index in [2.05, 4.69) is 6.92 Å². The summed E-state index contributed by atoms with van der Waals surface area (Å²) < 4.78 is 6.17. The van der Waals surface area contributed by atoms with Crippen LogP contribution < -0.4 is 9.64 Å². The lowest BCUT2D eigenvalue weighted by atomic mass is 9.89. The van der Waals surface area contributed by atoms with Crippen LogP contribution in [0.2, 0.25) is 10.0 Å². The van der Waals surface area contributed by atoms with Crippen molar-refractivity contribution in [1.29, 1.82) is 0 Å². The highest BCUT2D eigenvalue weighted by molar-refractivity contribution is 6.31. The molecule has 148 valence electrons. The fourth-order valence-corrected chi connectivity index (χ4v) is 4.11. The molecule has 0 radical (unpaired) electrons. The van der Waals surface area contributed by atoms with Gasteiger partial charge in [-0.15, -0.1) is 0 Å². The zero-order chi connectivity index (χ0) is 20.7. The summed E-state index contributed by atoms with van der Waals surface area (Å²) in [5.41, 5.74) is 4.90. The number of rotatable bonds is 4. The van der Waals surface area contributed by atoms with Crippen LogP contribution in [0.4, 0.5) is 5.69 Å². The van der Waals surface area contributed by atoms with Gasteiger partial charge in [0.1, 0.15) is 11.8 Å². The van der Waals surface area contributed by atoms with Crippen molar-refractivity contribution in [3.63, 3.8) is 0 Å². The first kappa shape index (κ1) is 19.8. The molecule has 0 spiro atoms. The fraction of sp³-hybridized carbons (Fsp3) is 0.208. The van der Waals surface area contributed by atoms with Crippen molar-refractivity contribution in [3.8, 4) is 5.75 Å². The van der Waals surface area contributed by atoms with Crippen LogP contribution in [0.15, 0.2) is 60.7 Å². The first-order valence-corrected chi connectivity index (χ1v) is 10.2. The number of nitrogens with zero attached hydrogens (tertiary/aromatic N) is 1. The molecule has 1 heterocycles. The summed E-state index contributed by atoms with van der Waals surface area (Å²) in [6, 6.07) is 18.7. The predicted molar refractivity (Wildman–Crippen MR) is 118 cm³/mol. The van der Waals surface area contributed by atoms with Crippen molar-refractivity contribution in [3.05, 3.63) is 93.0 Å². The molecule has 0 aromatic heterocycles. The van der Waals surface area contributed by atoms with Gasteiger partial charge in [-0.25, -0.2) is 0 Å². The third kappa shape index (κ3) is 3.61. The van der Waals surface area contributed by atoms with E-state index >= 15 is 0 Å². The maximum Gasteiger partial charge on any atom is 0.271 e. The van der Waals surface area contributed by atoms with Gasteiger partial charge in [0, 0.05) is 15.7 Å². The molecule has 1 saturated heterocycles. The quantitative estimate of drug-likeness (QED) is 0.449. The highest BCUT2D eigenvalue weighted by Gasteiger charge is 2.51. The Morgan fingerprint density at radius 1 is 0.862 bits per heavy atom. The van der Waals surface area contributed by atoms with Gasteiger partial charge in [-0.2, -0.15) is 0 Å². The van der Waals surface area contributed by atoms with Gasteiger partial charge in [-0.3, -0.25) is 9.69 Å². The van der Waals surface area contributed by atoms with Crippen molar-refractivity contribution in [2.24, 2.45) is 0 Å². The van der Waals surface area contributed by atoms with Gasteiger partial charge >= 0.3 is 0 Å². The van der Waals surface area contributed by atoms with Crippen LogP contribution >= 0.6 is 23.2 Å². The molecule has 5 heteroatoms. The first-order valence-electron chi connectivity index (χ1n) is 9.44. The van der Waals surface area contributed by atoms with Gasteiger partial charge in [0.15, 0.2) is 0 Å². The lowest BCUT2D eigenvalue weighted by Gasteiger charge is -2.47. The summed E-state index contributed by atoms with van der Waals surface area (Å²) >= 11 is 12.6. The number of ether oxygens (including phenoxy) is 1. The predicted octanol–water partition coefficient (Wildman–Crippen LogP) is 6.45. The van der Waals surface area contributed by atoms with E-state index in [1.807, 2.05) is 62.4 Å². The normalized spacial score (nSPS) is 18.5. The molecule has 3 aromatic carbocycles. The summed E-state index contributed by atoms with van der Waals surface area (Å²) in [7, 11) is 0. The second-order valence-electron chi connectivity index (χ2n) is 7.39. The maximum absolute atomic E-state index is 13.2. The molecule has 3 nitrogen and oxygen atoms in total. The number of β-lactam (4-membered cyclic amide) rings is 1. The van der Waals surface area contributed by atoms with Gasteiger partial charge < -0.3 is 4.74 Å². The van der Waals surface area contributed by atoms with Gasteiger partial charge in [-0.1, -0.05) is 47.5 Å². The van der Waals surface area contributed by atoms with Gasteiger partial charge in [0.25, 0.3) is 5.91 Å². The third-order valence-corrected chi connectivity index (χ3v) is 6.01. The summed E-state index contributed by atoms with van der Waals surface area (Å²) in [4.78, 5) is 14.9. The molecule has 1 fully saturated rings. The molecule has 1 aliphatic heterocycles. The first-order chi connectivity index (χ1) is 13.9. The van der Waals surface area contributed by atoms with Crippen LogP contribution in [0, 0.1) is 20.8 Å². The van der Waals surface area contributed by atoms with E-state index in [1.165, 1.54) is 5.56 Å². The Bertz CT molecular complexity index is 1100. The lowest BCUT2D eigenvalue weighted by molar-refractivity contribution is -0.135. The zero-order valence-corrected chi connectivity index (χ0v) is 18.0. The summed E-state index contributed by atoms with van der Waals surface area (Å²) in [6.45, 7) is 6.01. The van der Waals surface area contributed by atoms with Crippen LogP contribution in [0.25, 0.3) is 0 Å². The average molecular weight is 426 g/mol. The SMILES string of the molecule is Cc1ccc(N2C(=O)[C@H](Oc3ccc(Cl)cc3C)[C@H]2c2ccccc2Cl)cc1C. The van der Waals surface area contributed by atoms with Gasteiger partial charge in [-0.05, 0) is 79.4 Å². The molecule has 0 saturated carbocycles. The van der Waals surface area contributed by atoms with Crippen molar-refractivity contribution in [2.45, 2.75) is 32.9 Å². The summed E-state index contributed by atoms with van der Waals surface area (Å²) in [5.74, 6) is 0.553. The van der Waals surface area contributed by atoms with Crippen molar-refractivity contribution in [2.75, 3.05) is 4.90 Å². The Morgan fingerprint density at radius 3 is 2.31 bits per heavy atom. The largest absolute Gasteiger partial charge is 0.478 e. The molecule has 2 atom stereocenters. The van der Waals surface area contributed by atoms with Gasteiger partial charge in [0.05, 0.1) is 0 Å². The van der Waals surface area contributed by atoms with E-state index in [0.29, 0.717) is 15.8 Å². The van der Waals surface area contributed by atoms with Crippen LogP contribution in [0.1, 0.15) is 28.3 Å². The van der Waals surface area contributed by atoms with E-state index in [1.54, 1.807) is 17.0 Å². The molecule has 29 heavy (non-hydrogen) atoms. The Balaban J connectivity index is 1.74. The zero-order valence-electron chi connectivity index (χ0n) is 16.4. The number of halogens is 2. The Kier molecular flexibility index (Phi) is 5.28. The number of carbonyl (C=O) groups excluding carboxylic acids is 1. The van der Waals surface area contributed by atoms with E-state index < -0.39 is 6.10 Å². The number of carbonyl (C=O) groups is 1. The minimum atomic E-state index is -0.656. The second-order valence-corrected chi connectivity index (χ2v) is 8.24. The van der Waals surface area contributed by atoms with Crippen LogP contribution in [-0.2, 0) is 4.79 Å². The molecule has 1 aliphatic rings. The number of hydrogen-bond acceptors (Lipinski definition) is 2. The third-order valence-electron chi connectivity index (χ3n) is 5.43. The molecule has 0 N–H and O–H groups in total. The van der Waals surface area contributed by atoms with Crippen molar-refractivity contribution in [1.82, 2.24) is 0 Å². The molecular weight excluding hydrogens is 405 g/mol. The van der Waals surface area contributed by atoms with E-state index in [-0.39, 0.29) is 11.9 Å². The number of amides is 1. The van der Waals surface area contributed by atoms with Crippen LogP contribution in [-0.4, -0.2) is 12.0 Å². The number of benzene rings is 3. The smallest absolute Gasteiger partial charge is 0.271 e. The lowest BCUT2D eigenvalue weighted by Crippen LogP contribution is -2.61. The minimum Gasteiger partial charge on any atom is -0.478 e. The fourth-order valence-electron chi connectivity index (χ4n) is 3.64. The standard InChI is InChI=1S/C24H21Cl2NO2/c1-14-8-10-18(13-15(14)2)27-22(19-6-4-5-7-20(19)26)23(24(27)28)29-21-11-9-17(25)12-16(21)3/h4-13,22-23H,1-3H3/t22-,23-/m1/s1. The number of anilines is 1. The molecule has 3 aromatic rings. The molecule has 0 bridgehead atoms. The summed E-state index contributed by atoms with van der Waals surface area (Å²) in [6.07, 6.45) is -0.656. The second kappa shape index (κ2) is 7.74. The topological polar surface area (TPSA) is 29.5 Å². The van der Waals surface area contributed by atoms with Crippen LogP contribution in [0.3, 0.4) is 0 Å². The highest BCUT2D eigenvalue weighted by atomic mass is 35.5. The molecule has 4 rings (SSSR count). The molecular formula is C24H21Cl2NO2.